The molecule has 130 valence electrons. The van der Waals surface area contributed by atoms with Crippen LogP contribution in [0.4, 0.5) is 8.78 Å². The lowest BCUT2D eigenvalue weighted by Crippen LogP contribution is -2.19. The molecule has 1 atom stereocenters. The summed E-state index contributed by atoms with van der Waals surface area (Å²) in [5.41, 5.74) is 0.166. The second-order valence-corrected chi connectivity index (χ2v) is 4.95. The molecule has 8 nitrogen and oxygen atoms in total. The molecule has 0 saturated carbocycles. The molecule has 0 radical (unpaired) electrons. The lowest BCUT2D eigenvalue weighted by molar-refractivity contribution is -0.752. The summed E-state index contributed by atoms with van der Waals surface area (Å²) in [7, 11) is 0. The summed E-state index contributed by atoms with van der Waals surface area (Å²) in [5.74, 6) is -1.26. The Bertz CT molecular complexity index is 695. The van der Waals surface area contributed by atoms with Gasteiger partial charge in [0.05, 0.1) is 6.10 Å². The van der Waals surface area contributed by atoms with Crippen LogP contribution in [0, 0.1) is 21.7 Å². The minimum absolute atomic E-state index is 0.0559. The zero-order valence-corrected chi connectivity index (χ0v) is 12.9. The van der Waals surface area contributed by atoms with Gasteiger partial charge in [0.15, 0.2) is 10.9 Å². The fraction of sp³-hybridized carbons (Fsp3) is 0.429. The van der Waals surface area contributed by atoms with Crippen molar-refractivity contribution >= 4 is 0 Å². The van der Waals surface area contributed by atoms with Crippen molar-refractivity contribution in [2.45, 2.75) is 32.3 Å². The molecule has 1 aromatic heterocycles. The number of ether oxygens (including phenoxy) is 1. The van der Waals surface area contributed by atoms with E-state index in [0.717, 1.165) is 31.3 Å². The number of aromatic nitrogens is 3. The van der Waals surface area contributed by atoms with Gasteiger partial charge in [-0.15, -0.1) is 0 Å². The highest BCUT2D eigenvalue weighted by Gasteiger charge is 2.21. The third kappa shape index (κ3) is 4.95. The molecule has 0 N–H and O–H groups in total. The molecule has 0 fully saturated rings. The van der Waals surface area contributed by atoms with Crippen LogP contribution in [0.25, 0.3) is 0 Å². The van der Waals surface area contributed by atoms with Gasteiger partial charge in [-0.05, 0) is 17.6 Å². The van der Waals surface area contributed by atoms with E-state index in [9.17, 15) is 18.9 Å². The van der Waals surface area contributed by atoms with Gasteiger partial charge in [0.2, 0.25) is 6.33 Å². The molecule has 0 aliphatic rings. The van der Waals surface area contributed by atoms with Gasteiger partial charge in [0.1, 0.15) is 11.6 Å². The SMILES string of the molecule is CCCCOC(Cc1ncn(O[N+](=O)[O-])n1)c1ccc(F)cc1F. The molecule has 0 saturated heterocycles. The molecule has 0 aliphatic carbocycles. The van der Waals surface area contributed by atoms with Gasteiger partial charge < -0.3 is 4.74 Å². The second-order valence-electron chi connectivity index (χ2n) is 4.95. The fourth-order valence-electron chi connectivity index (χ4n) is 2.04. The van der Waals surface area contributed by atoms with Crippen molar-refractivity contribution in [3.05, 3.63) is 57.7 Å². The first kappa shape index (κ1) is 17.7. The van der Waals surface area contributed by atoms with Crippen LogP contribution in [0.2, 0.25) is 0 Å². The Balaban J connectivity index is 2.16. The highest BCUT2D eigenvalue weighted by molar-refractivity contribution is 5.22. The molecule has 2 rings (SSSR count). The molecule has 10 heteroatoms. The van der Waals surface area contributed by atoms with Crippen molar-refractivity contribution < 1.29 is 23.5 Å². The molecule has 0 spiro atoms. The summed E-state index contributed by atoms with van der Waals surface area (Å²) in [6.07, 6.45) is 1.99. The monoisotopic (exact) mass is 342 g/mol. The van der Waals surface area contributed by atoms with E-state index < -0.39 is 22.8 Å². The topological polar surface area (TPSA) is 92.3 Å². The van der Waals surface area contributed by atoms with E-state index in [0.29, 0.717) is 11.5 Å². The number of unbranched alkanes of at least 4 members (excludes halogenated alkanes) is 1. The summed E-state index contributed by atoms with van der Waals surface area (Å²) >= 11 is 0. The first-order valence-electron chi connectivity index (χ1n) is 7.29. The Morgan fingerprint density at radius 1 is 1.42 bits per heavy atom. The number of halogens is 2. The van der Waals surface area contributed by atoms with Gasteiger partial charge in [-0.25, -0.2) is 18.9 Å². The van der Waals surface area contributed by atoms with Crippen molar-refractivity contribution in [3.8, 4) is 0 Å². The van der Waals surface area contributed by atoms with Crippen LogP contribution in [0.3, 0.4) is 0 Å². The Morgan fingerprint density at radius 2 is 2.21 bits per heavy atom. The second kappa shape index (κ2) is 8.29. The summed E-state index contributed by atoms with van der Waals surface area (Å²) in [6, 6.07) is 3.20. The molecule has 1 unspecified atom stereocenters. The predicted molar refractivity (Wildman–Crippen MR) is 77.3 cm³/mol. The van der Waals surface area contributed by atoms with E-state index >= 15 is 0 Å². The standard InChI is InChI=1S/C14H16F2N4O4/c1-2-3-6-23-13(11-5-4-10(15)7-12(11)16)8-14-17-9-19(18-14)24-20(21)22/h4-5,7,9,13H,2-3,6,8H2,1H3. The Hall–Kier alpha value is -2.62. The summed E-state index contributed by atoms with van der Waals surface area (Å²) in [5, 5.41) is 13.0. The van der Waals surface area contributed by atoms with Crippen LogP contribution in [0.5, 0.6) is 0 Å². The Morgan fingerprint density at radius 3 is 2.88 bits per heavy atom. The van der Waals surface area contributed by atoms with E-state index in [1.165, 1.54) is 6.07 Å². The third-order valence-corrected chi connectivity index (χ3v) is 3.16. The lowest BCUT2D eigenvalue weighted by atomic mass is 10.1. The van der Waals surface area contributed by atoms with Gasteiger partial charge in [-0.3, -0.25) is 0 Å². The highest BCUT2D eigenvalue weighted by Crippen LogP contribution is 2.25. The average molecular weight is 342 g/mol. The zero-order chi connectivity index (χ0) is 17.5. The summed E-state index contributed by atoms with van der Waals surface area (Å²) in [4.78, 5) is 18.8. The minimum atomic E-state index is -1.03. The maximum atomic E-state index is 14.0. The largest absolute Gasteiger partial charge is 0.373 e. The van der Waals surface area contributed by atoms with Gasteiger partial charge in [0, 0.05) is 29.5 Å². The van der Waals surface area contributed by atoms with Gasteiger partial charge in [0.25, 0.3) is 0 Å². The smallest absolute Gasteiger partial charge is 0.241 e. The first-order chi connectivity index (χ1) is 11.5. The molecule has 24 heavy (non-hydrogen) atoms. The van der Waals surface area contributed by atoms with Crippen LogP contribution < -0.4 is 4.94 Å². The number of nitrogens with zero attached hydrogens (tertiary/aromatic N) is 4. The fourth-order valence-corrected chi connectivity index (χ4v) is 2.04. The van der Waals surface area contributed by atoms with Crippen LogP contribution in [-0.2, 0) is 11.2 Å². The molecule has 1 heterocycles. The maximum Gasteiger partial charge on any atom is 0.241 e. The van der Waals surface area contributed by atoms with E-state index in [2.05, 4.69) is 15.0 Å². The molecular weight excluding hydrogens is 326 g/mol. The van der Waals surface area contributed by atoms with Crippen LogP contribution >= 0.6 is 0 Å². The minimum Gasteiger partial charge on any atom is -0.373 e. The van der Waals surface area contributed by atoms with Crippen LogP contribution in [-0.4, -0.2) is 26.6 Å². The lowest BCUT2D eigenvalue weighted by Gasteiger charge is -2.17. The van der Waals surface area contributed by atoms with E-state index in [4.69, 9.17) is 4.74 Å². The highest BCUT2D eigenvalue weighted by atomic mass is 19.1. The normalized spacial score (nSPS) is 12.1. The number of rotatable bonds is 9. The maximum absolute atomic E-state index is 14.0. The van der Waals surface area contributed by atoms with Crippen LogP contribution in [0.15, 0.2) is 24.5 Å². The number of hydrogen-bond acceptors (Lipinski definition) is 6. The third-order valence-electron chi connectivity index (χ3n) is 3.16. The Labute approximate surface area is 136 Å². The molecule has 0 bridgehead atoms. The predicted octanol–water partition coefficient (Wildman–Crippen LogP) is 2.28. The summed E-state index contributed by atoms with van der Waals surface area (Å²) in [6.45, 7) is 2.36. The van der Waals surface area contributed by atoms with Crippen molar-refractivity contribution in [1.29, 1.82) is 0 Å². The molecule has 0 aliphatic heterocycles. The van der Waals surface area contributed by atoms with Crippen molar-refractivity contribution in [2.75, 3.05) is 6.61 Å². The molecule has 0 amide bonds. The average Bonchev–Trinajstić information content (AvgIpc) is 2.93. The summed E-state index contributed by atoms with van der Waals surface area (Å²) < 4.78 is 32.7. The molecule has 1 aromatic carbocycles. The van der Waals surface area contributed by atoms with Gasteiger partial charge in [-0.2, -0.15) is 9.92 Å². The quantitative estimate of drug-likeness (QED) is 0.394. The number of hydrogen-bond donors (Lipinski definition) is 0. The molecule has 2 aromatic rings. The van der Waals surface area contributed by atoms with Crippen LogP contribution in [0.1, 0.15) is 37.3 Å². The van der Waals surface area contributed by atoms with E-state index in [1.54, 1.807) is 0 Å². The van der Waals surface area contributed by atoms with Crippen molar-refractivity contribution in [3.63, 3.8) is 0 Å². The zero-order valence-electron chi connectivity index (χ0n) is 12.9. The van der Waals surface area contributed by atoms with Gasteiger partial charge >= 0.3 is 0 Å². The molecular formula is C14H16F2N4O4. The Kier molecular flexibility index (Phi) is 6.13. The first-order valence-corrected chi connectivity index (χ1v) is 7.29. The van der Waals surface area contributed by atoms with E-state index in [1.807, 2.05) is 6.92 Å². The van der Waals surface area contributed by atoms with Gasteiger partial charge in [-0.1, -0.05) is 19.4 Å². The van der Waals surface area contributed by atoms with Crippen molar-refractivity contribution in [2.24, 2.45) is 0 Å². The van der Waals surface area contributed by atoms with Crippen molar-refractivity contribution in [1.82, 2.24) is 14.9 Å². The number of benzene rings is 1. The van der Waals surface area contributed by atoms with E-state index in [-0.39, 0.29) is 17.8 Å².